The maximum absolute atomic E-state index is 5.85. The predicted octanol–water partition coefficient (Wildman–Crippen LogP) is 3.99. The van der Waals surface area contributed by atoms with E-state index in [9.17, 15) is 0 Å². The van der Waals surface area contributed by atoms with Crippen LogP contribution in [0.1, 0.15) is 36.6 Å². The molecule has 1 aliphatic rings. The fourth-order valence-corrected chi connectivity index (χ4v) is 3.51. The van der Waals surface area contributed by atoms with Crippen molar-refractivity contribution in [3.63, 3.8) is 0 Å². The molecule has 22 heavy (non-hydrogen) atoms. The topological polar surface area (TPSA) is 51.3 Å². The van der Waals surface area contributed by atoms with E-state index in [1.165, 1.54) is 35.3 Å². The van der Waals surface area contributed by atoms with Gasteiger partial charge in [-0.25, -0.2) is 4.98 Å². The Morgan fingerprint density at radius 3 is 2.68 bits per heavy atom. The molecule has 3 nitrogen and oxygen atoms in total. The molecule has 0 amide bonds. The first-order valence-corrected chi connectivity index (χ1v) is 8.61. The average Bonchev–Trinajstić information content (AvgIpc) is 3.01. The number of aryl methyl sites for hydroxylation is 1. The third-order valence-corrected chi connectivity index (χ3v) is 4.85. The Balaban J connectivity index is 1.96. The Bertz CT molecular complexity index is 685. The minimum absolute atomic E-state index is 0.286. The van der Waals surface area contributed by atoms with Gasteiger partial charge >= 0.3 is 0 Å². The molecular weight excluding hydrogens is 290 g/mol. The molecule has 0 saturated carbocycles. The molecule has 3 rings (SSSR count). The summed E-state index contributed by atoms with van der Waals surface area (Å²) in [5.41, 5.74) is 9.17. The SMILES string of the molecule is CCCCc1ccc(C2(c3csc(N)n3)C=CC=NC2)cc1. The Morgan fingerprint density at radius 2 is 2.09 bits per heavy atom. The molecular formula is C18H21N3S. The molecule has 0 aliphatic carbocycles. The number of aliphatic imine (C=N–C) groups is 1. The number of hydrogen-bond donors (Lipinski definition) is 1. The molecule has 1 unspecified atom stereocenters. The summed E-state index contributed by atoms with van der Waals surface area (Å²) in [4.78, 5) is 9.00. The van der Waals surface area contributed by atoms with Crippen molar-refractivity contribution in [3.05, 3.63) is 58.6 Å². The van der Waals surface area contributed by atoms with E-state index in [1.54, 1.807) is 0 Å². The van der Waals surface area contributed by atoms with Gasteiger partial charge in [0.25, 0.3) is 0 Å². The fraction of sp³-hybridized carbons (Fsp3) is 0.333. The average molecular weight is 311 g/mol. The van der Waals surface area contributed by atoms with Crippen LogP contribution in [-0.4, -0.2) is 17.7 Å². The predicted molar refractivity (Wildman–Crippen MR) is 94.9 cm³/mol. The molecule has 0 radical (unpaired) electrons. The van der Waals surface area contributed by atoms with Crippen molar-refractivity contribution in [2.45, 2.75) is 31.6 Å². The van der Waals surface area contributed by atoms with E-state index in [1.807, 2.05) is 17.7 Å². The summed E-state index contributed by atoms with van der Waals surface area (Å²) in [5, 5.41) is 2.66. The van der Waals surface area contributed by atoms with Crippen LogP contribution in [0.2, 0.25) is 0 Å². The number of nitrogen functional groups attached to an aromatic ring is 1. The van der Waals surface area contributed by atoms with Crippen molar-refractivity contribution in [2.24, 2.45) is 4.99 Å². The van der Waals surface area contributed by atoms with Gasteiger partial charge < -0.3 is 5.73 Å². The second-order valence-corrected chi connectivity index (χ2v) is 6.58. The van der Waals surface area contributed by atoms with Gasteiger partial charge in [0.1, 0.15) is 0 Å². The van der Waals surface area contributed by atoms with E-state index in [-0.39, 0.29) is 5.41 Å². The lowest BCUT2D eigenvalue weighted by molar-refractivity contribution is 0.635. The van der Waals surface area contributed by atoms with Crippen molar-refractivity contribution in [1.82, 2.24) is 4.98 Å². The van der Waals surface area contributed by atoms with Crippen LogP contribution in [0.25, 0.3) is 0 Å². The molecule has 0 bridgehead atoms. The Kier molecular flexibility index (Phi) is 4.39. The first-order chi connectivity index (χ1) is 10.7. The third kappa shape index (κ3) is 2.83. The van der Waals surface area contributed by atoms with Crippen molar-refractivity contribution in [1.29, 1.82) is 0 Å². The summed E-state index contributed by atoms with van der Waals surface area (Å²) in [5.74, 6) is 0. The number of benzene rings is 1. The number of unbranched alkanes of at least 4 members (excludes halogenated alkanes) is 1. The highest BCUT2D eigenvalue weighted by Crippen LogP contribution is 2.36. The number of dihydropyridines is 1. The summed E-state index contributed by atoms with van der Waals surface area (Å²) < 4.78 is 0. The minimum Gasteiger partial charge on any atom is -0.375 e. The maximum Gasteiger partial charge on any atom is 0.180 e. The van der Waals surface area contributed by atoms with E-state index in [4.69, 9.17) is 5.73 Å². The van der Waals surface area contributed by atoms with Gasteiger partial charge in [0.15, 0.2) is 5.13 Å². The van der Waals surface area contributed by atoms with Crippen LogP contribution in [0.4, 0.5) is 5.13 Å². The smallest absolute Gasteiger partial charge is 0.180 e. The lowest BCUT2D eigenvalue weighted by atomic mass is 9.76. The van der Waals surface area contributed by atoms with Crippen LogP contribution in [0.3, 0.4) is 0 Å². The van der Waals surface area contributed by atoms with Gasteiger partial charge in [0, 0.05) is 11.6 Å². The molecule has 2 N–H and O–H groups in total. The number of allylic oxidation sites excluding steroid dienone is 1. The van der Waals surface area contributed by atoms with Crippen LogP contribution in [-0.2, 0) is 11.8 Å². The summed E-state index contributed by atoms with van der Waals surface area (Å²) >= 11 is 1.49. The summed E-state index contributed by atoms with van der Waals surface area (Å²) in [7, 11) is 0. The van der Waals surface area contributed by atoms with Gasteiger partial charge in [-0.05, 0) is 30.0 Å². The molecule has 0 saturated heterocycles. The number of thiazole rings is 1. The van der Waals surface area contributed by atoms with Crippen LogP contribution in [0.5, 0.6) is 0 Å². The van der Waals surface area contributed by atoms with Crippen molar-refractivity contribution in [2.75, 3.05) is 12.3 Å². The van der Waals surface area contributed by atoms with Crippen LogP contribution >= 0.6 is 11.3 Å². The highest BCUT2D eigenvalue weighted by atomic mass is 32.1. The molecule has 1 aromatic carbocycles. The van der Waals surface area contributed by atoms with E-state index in [0.717, 1.165) is 12.1 Å². The monoisotopic (exact) mass is 311 g/mol. The fourth-order valence-electron chi connectivity index (χ4n) is 2.86. The highest BCUT2D eigenvalue weighted by molar-refractivity contribution is 7.13. The van der Waals surface area contributed by atoms with Gasteiger partial charge in [-0.2, -0.15) is 0 Å². The molecule has 0 fully saturated rings. The van der Waals surface area contributed by atoms with Gasteiger partial charge in [-0.3, -0.25) is 4.99 Å². The molecule has 0 spiro atoms. The molecule has 1 aromatic heterocycles. The lowest BCUT2D eigenvalue weighted by Crippen LogP contribution is -2.31. The molecule has 1 atom stereocenters. The van der Waals surface area contributed by atoms with E-state index in [0.29, 0.717) is 11.7 Å². The van der Waals surface area contributed by atoms with Crippen molar-refractivity contribution in [3.8, 4) is 0 Å². The first kappa shape index (κ1) is 15.0. The lowest BCUT2D eigenvalue weighted by Gasteiger charge is -2.29. The Labute approximate surface area is 135 Å². The number of nitrogens with zero attached hydrogens (tertiary/aromatic N) is 2. The normalized spacial score (nSPS) is 20.4. The van der Waals surface area contributed by atoms with Gasteiger partial charge in [-0.1, -0.05) is 43.7 Å². The zero-order valence-electron chi connectivity index (χ0n) is 12.8. The summed E-state index contributed by atoms with van der Waals surface area (Å²) in [6, 6.07) is 8.89. The number of aromatic nitrogens is 1. The van der Waals surface area contributed by atoms with Crippen LogP contribution in [0.15, 0.2) is 46.8 Å². The number of nitrogens with two attached hydrogens (primary N) is 1. The van der Waals surface area contributed by atoms with Crippen LogP contribution in [0, 0.1) is 0 Å². The van der Waals surface area contributed by atoms with Crippen molar-refractivity contribution < 1.29 is 0 Å². The Morgan fingerprint density at radius 1 is 1.27 bits per heavy atom. The van der Waals surface area contributed by atoms with E-state index in [2.05, 4.69) is 47.2 Å². The van der Waals surface area contributed by atoms with Gasteiger partial charge in [0.2, 0.25) is 0 Å². The summed E-state index contributed by atoms with van der Waals surface area (Å²) in [6.45, 7) is 2.90. The van der Waals surface area contributed by atoms with E-state index < -0.39 is 0 Å². The molecule has 1 aliphatic heterocycles. The second-order valence-electron chi connectivity index (χ2n) is 5.69. The van der Waals surface area contributed by atoms with Gasteiger partial charge in [-0.15, -0.1) is 11.3 Å². The first-order valence-electron chi connectivity index (χ1n) is 7.73. The molecule has 2 heterocycles. The summed E-state index contributed by atoms with van der Waals surface area (Å²) in [6.07, 6.45) is 9.64. The zero-order chi connectivity index (χ0) is 15.4. The minimum atomic E-state index is -0.286. The number of anilines is 1. The largest absolute Gasteiger partial charge is 0.375 e. The molecule has 4 heteroatoms. The Hall–Kier alpha value is -1.94. The standard InChI is InChI=1S/C18H21N3S/c1-2-3-5-14-6-8-15(9-7-14)18(10-4-11-20-13-18)16-12-22-17(19)21-16/h4,6-12H,2-3,5,13H2,1H3,(H2,19,21). The maximum atomic E-state index is 5.85. The second kappa shape index (κ2) is 6.44. The van der Waals surface area contributed by atoms with Crippen molar-refractivity contribution >= 4 is 22.7 Å². The quantitative estimate of drug-likeness (QED) is 0.907. The zero-order valence-corrected chi connectivity index (χ0v) is 13.6. The van der Waals surface area contributed by atoms with Crippen LogP contribution < -0.4 is 5.73 Å². The number of hydrogen-bond acceptors (Lipinski definition) is 4. The third-order valence-electron chi connectivity index (χ3n) is 4.18. The molecule has 2 aromatic rings. The van der Waals surface area contributed by atoms with Gasteiger partial charge in [0.05, 0.1) is 17.7 Å². The van der Waals surface area contributed by atoms with E-state index >= 15 is 0 Å². The number of rotatable bonds is 5. The highest BCUT2D eigenvalue weighted by Gasteiger charge is 2.34. The molecule has 114 valence electrons.